The van der Waals surface area contributed by atoms with Gasteiger partial charge in [0.1, 0.15) is 6.61 Å². The van der Waals surface area contributed by atoms with E-state index in [1.54, 1.807) is 12.1 Å². The number of fused-ring (bicyclic) bond motifs is 1. The van der Waals surface area contributed by atoms with Gasteiger partial charge in [-0.1, -0.05) is 17.2 Å². The number of carbonyl (C=O) groups excluding carboxylic acids is 1. The van der Waals surface area contributed by atoms with Crippen molar-refractivity contribution in [1.82, 2.24) is 10.2 Å². The largest absolute Gasteiger partial charge is 0.485 e. The molecule has 0 bridgehead atoms. The molecular formula is C21H22N4O4. The summed E-state index contributed by atoms with van der Waals surface area (Å²) in [6.45, 7) is 6.25. The maximum absolute atomic E-state index is 12.5. The Morgan fingerprint density at radius 2 is 1.79 bits per heavy atom. The number of hydrogen-bond donors (Lipinski definition) is 1. The Kier molecular flexibility index (Phi) is 5.33. The van der Waals surface area contributed by atoms with Gasteiger partial charge in [0.15, 0.2) is 11.5 Å². The van der Waals surface area contributed by atoms with Crippen molar-refractivity contribution in [2.75, 3.05) is 29.9 Å². The monoisotopic (exact) mass is 394 g/mol. The van der Waals surface area contributed by atoms with Gasteiger partial charge in [0.2, 0.25) is 6.10 Å². The van der Waals surface area contributed by atoms with Crippen LogP contribution in [0.2, 0.25) is 0 Å². The normalized spacial score (nSPS) is 15.0. The van der Waals surface area contributed by atoms with Crippen molar-refractivity contribution < 1.29 is 18.7 Å². The molecule has 8 heteroatoms. The highest BCUT2D eigenvalue weighted by molar-refractivity contribution is 6.03. The molecular weight excluding hydrogens is 372 g/mol. The van der Waals surface area contributed by atoms with Crippen LogP contribution in [0, 0.1) is 0 Å². The van der Waals surface area contributed by atoms with E-state index in [2.05, 4.69) is 34.3 Å². The first-order valence-electron chi connectivity index (χ1n) is 9.56. The van der Waals surface area contributed by atoms with Gasteiger partial charge in [-0.3, -0.25) is 10.1 Å². The summed E-state index contributed by atoms with van der Waals surface area (Å²) in [5, 5.41) is 10.5. The Balaban J connectivity index is 1.41. The molecule has 2 aromatic carbocycles. The van der Waals surface area contributed by atoms with Crippen LogP contribution >= 0.6 is 0 Å². The highest BCUT2D eigenvalue weighted by Crippen LogP contribution is 2.35. The Labute approximate surface area is 168 Å². The topological polar surface area (TPSA) is 89.7 Å². The second-order valence-electron chi connectivity index (χ2n) is 6.48. The average Bonchev–Trinajstić information content (AvgIpc) is 3.23. The molecule has 0 spiro atoms. The third-order valence-electron chi connectivity index (χ3n) is 4.70. The molecule has 1 aliphatic heterocycles. The van der Waals surface area contributed by atoms with E-state index in [1.165, 1.54) is 0 Å². The van der Waals surface area contributed by atoms with E-state index in [0.717, 1.165) is 18.8 Å². The fourth-order valence-corrected chi connectivity index (χ4v) is 3.14. The Bertz CT molecular complexity index is 982. The second-order valence-corrected chi connectivity index (χ2v) is 6.48. The van der Waals surface area contributed by atoms with E-state index in [-0.39, 0.29) is 24.4 Å². The van der Waals surface area contributed by atoms with Gasteiger partial charge >= 0.3 is 6.01 Å². The van der Waals surface area contributed by atoms with E-state index in [0.29, 0.717) is 17.1 Å². The number of nitrogens with one attached hydrogen (secondary N) is 1. The molecule has 29 heavy (non-hydrogen) atoms. The zero-order chi connectivity index (χ0) is 20.2. The number of aromatic nitrogens is 2. The first-order valence-corrected chi connectivity index (χ1v) is 9.56. The molecule has 1 aliphatic rings. The number of carbonyl (C=O) groups is 1. The molecule has 0 aliphatic carbocycles. The lowest BCUT2D eigenvalue weighted by molar-refractivity contribution is 0.0716. The second kappa shape index (κ2) is 8.22. The molecule has 150 valence electrons. The summed E-state index contributed by atoms with van der Waals surface area (Å²) in [7, 11) is 0. The lowest BCUT2D eigenvalue weighted by atomic mass is 10.2. The van der Waals surface area contributed by atoms with Crippen LogP contribution in [0.25, 0.3) is 0 Å². The minimum atomic E-state index is -0.531. The van der Waals surface area contributed by atoms with Gasteiger partial charge in [-0.2, -0.15) is 0 Å². The van der Waals surface area contributed by atoms with Crippen molar-refractivity contribution in [2.45, 2.75) is 20.0 Å². The lowest BCUT2D eigenvalue weighted by Gasteiger charge is -2.23. The molecule has 8 nitrogen and oxygen atoms in total. The van der Waals surface area contributed by atoms with Gasteiger partial charge in [0.25, 0.3) is 11.8 Å². The molecule has 1 atom stereocenters. The van der Waals surface area contributed by atoms with Crippen LogP contribution in [0.15, 0.2) is 52.9 Å². The van der Waals surface area contributed by atoms with Crippen molar-refractivity contribution in [2.24, 2.45) is 0 Å². The molecule has 0 saturated heterocycles. The maximum Gasteiger partial charge on any atom is 0.322 e. The van der Waals surface area contributed by atoms with E-state index >= 15 is 0 Å². The summed E-state index contributed by atoms with van der Waals surface area (Å²) in [5.41, 5.74) is 1.58. The van der Waals surface area contributed by atoms with Crippen LogP contribution in [0.5, 0.6) is 11.5 Å². The predicted molar refractivity (Wildman–Crippen MR) is 108 cm³/mol. The molecule has 4 rings (SSSR count). The predicted octanol–water partition coefficient (Wildman–Crippen LogP) is 3.68. The number of para-hydroxylation sites is 2. The fraction of sp³-hybridized carbons (Fsp3) is 0.286. The van der Waals surface area contributed by atoms with E-state index in [9.17, 15) is 4.79 Å². The Hall–Kier alpha value is -3.55. The molecule has 3 aromatic rings. The number of amides is 1. The van der Waals surface area contributed by atoms with Crippen LogP contribution in [0.3, 0.4) is 0 Å². The molecule has 1 amide bonds. The summed E-state index contributed by atoms with van der Waals surface area (Å²) in [4.78, 5) is 14.7. The zero-order valence-corrected chi connectivity index (χ0v) is 16.3. The van der Waals surface area contributed by atoms with Crippen LogP contribution in [-0.4, -0.2) is 35.8 Å². The number of hydrogen-bond acceptors (Lipinski definition) is 7. The zero-order valence-electron chi connectivity index (χ0n) is 16.3. The first kappa shape index (κ1) is 18.8. The molecule has 0 radical (unpaired) electrons. The average molecular weight is 394 g/mol. The first-order chi connectivity index (χ1) is 14.2. The van der Waals surface area contributed by atoms with Crippen LogP contribution < -0.4 is 19.7 Å². The standard InChI is InChI=1S/C21H22N4O4/c1-3-25(4-2)15-11-9-14(10-12-15)19(26)22-21-24-23-20(29-21)18-13-27-16-7-5-6-8-17(16)28-18/h5-12,18H,3-4,13H2,1-2H3,(H,22,24,26)/t18-/m1/s1. The Morgan fingerprint density at radius 1 is 1.07 bits per heavy atom. The minimum Gasteiger partial charge on any atom is -0.485 e. The van der Waals surface area contributed by atoms with Crippen molar-refractivity contribution in [3.05, 3.63) is 60.0 Å². The van der Waals surface area contributed by atoms with Crippen LogP contribution in [-0.2, 0) is 0 Å². The highest BCUT2D eigenvalue weighted by Gasteiger charge is 2.27. The van der Waals surface area contributed by atoms with Gasteiger partial charge in [-0.25, -0.2) is 0 Å². The lowest BCUT2D eigenvalue weighted by Crippen LogP contribution is -2.22. The van der Waals surface area contributed by atoms with E-state index in [4.69, 9.17) is 13.9 Å². The maximum atomic E-state index is 12.5. The van der Waals surface area contributed by atoms with E-state index in [1.807, 2.05) is 36.4 Å². The summed E-state index contributed by atoms with van der Waals surface area (Å²) in [6.07, 6.45) is -0.531. The summed E-state index contributed by atoms with van der Waals surface area (Å²) < 4.78 is 17.1. The van der Waals surface area contributed by atoms with Gasteiger partial charge < -0.3 is 18.8 Å². The third kappa shape index (κ3) is 4.01. The molecule has 0 saturated carbocycles. The molecule has 0 fully saturated rings. The van der Waals surface area contributed by atoms with Gasteiger partial charge in [-0.15, -0.1) is 5.10 Å². The molecule has 1 aromatic heterocycles. The summed E-state index contributed by atoms with van der Waals surface area (Å²) in [5.74, 6) is 1.20. The number of anilines is 2. The van der Waals surface area contributed by atoms with Gasteiger partial charge in [0.05, 0.1) is 0 Å². The van der Waals surface area contributed by atoms with E-state index < -0.39 is 6.10 Å². The smallest absolute Gasteiger partial charge is 0.322 e. The third-order valence-corrected chi connectivity index (χ3v) is 4.70. The number of rotatable bonds is 6. The fourth-order valence-electron chi connectivity index (χ4n) is 3.14. The van der Waals surface area contributed by atoms with Crippen molar-refractivity contribution in [3.63, 3.8) is 0 Å². The number of benzene rings is 2. The van der Waals surface area contributed by atoms with Crippen LogP contribution in [0.4, 0.5) is 11.7 Å². The minimum absolute atomic E-state index is 0.0141. The SMILES string of the molecule is CCN(CC)c1ccc(C(=O)Nc2nnc([C@H]3COc4ccccc4O3)o2)cc1. The van der Waals surface area contributed by atoms with Crippen LogP contribution in [0.1, 0.15) is 36.2 Å². The van der Waals surface area contributed by atoms with Crippen molar-refractivity contribution in [1.29, 1.82) is 0 Å². The summed E-state index contributed by atoms with van der Waals surface area (Å²) >= 11 is 0. The quantitative estimate of drug-likeness (QED) is 0.682. The van der Waals surface area contributed by atoms with Gasteiger partial charge in [0, 0.05) is 24.3 Å². The van der Waals surface area contributed by atoms with Crippen molar-refractivity contribution >= 4 is 17.6 Å². The Morgan fingerprint density at radius 3 is 2.52 bits per heavy atom. The van der Waals surface area contributed by atoms with Gasteiger partial charge in [-0.05, 0) is 50.2 Å². The summed E-state index contributed by atoms with van der Waals surface area (Å²) in [6, 6.07) is 14.8. The number of nitrogens with zero attached hydrogens (tertiary/aromatic N) is 3. The molecule has 2 heterocycles. The number of ether oxygens (including phenoxy) is 2. The van der Waals surface area contributed by atoms with Crippen molar-refractivity contribution in [3.8, 4) is 11.5 Å². The molecule has 0 unspecified atom stereocenters. The highest BCUT2D eigenvalue weighted by atomic mass is 16.6. The molecule has 1 N–H and O–H groups in total.